The third-order valence-corrected chi connectivity index (χ3v) is 6.98. The molecule has 7 heteroatoms. The third-order valence-electron chi connectivity index (χ3n) is 5.80. The number of nitrogens with zero attached hydrogens (tertiary/aromatic N) is 3. The summed E-state index contributed by atoms with van der Waals surface area (Å²) in [7, 11) is 1.86. The topological polar surface area (TPSA) is 55.2 Å². The Hall–Kier alpha value is -2.54. The van der Waals surface area contributed by atoms with Gasteiger partial charge in [0.15, 0.2) is 0 Å². The summed E-state index contributed by atoms with van der Waals surface area (Å²) in [4.78, 5) is 33.6. The molecule has 4 rings (SSSR count). The first-order chi connectivity index (χ1) is 14.0. The van der Waals surface area contributed by atoms with Gasteiger partial charge in [-0.3, -0.25) is 14.2 Å². The van der Waals surface area contributed by atoms with Crippen molar-refractivity contribution in [1.29, 1.82) is 0 Å². The predicted octanol–water partition coefficient (Wildman–Crippen LogP) is 4.36. The Morgan fingerprint density at radius 2 is 2.07 bits per heavy atom. The second kappa shape index (κ2) is 8.06. The molecule has 29 heavy (non-hydrogen) atoms. The first-order valence-corrected chi connectivity index (χ1v) is 10.8. The molecular weight excluding hydrogens is 389 g/mol. The van der Waals surface area contributed by atoms with Gasteiger partial charge in [0.05, 0.1) is 23.1 Å². The number of rotatable bonds is 4. The van der Waals surface area contributed by atoms with E-state index in [4.69, 9.17) is 0 Å². The van der Waals surface area contributed by atoms with Crippen LogP contribution in [-0.2, 0) is 6.54 Å². The van der Waals surface area contributed by atoms with Gasteiger partial charge in [0.25, 0.3) is 11.5 Å². The molecule has 0 saturated heterocycles. The van der Waals surface area contributed by atoms with Crippen molar-refractivity contribution in [3.63, 3.8) is 0 Å². The maximum Gasteiger partial charge on any atom is 0.264 e. The summed E-state index contributed by atoms with van der Waals surface area (Å²) in [6.45, 7) is 2.05. The van der Waals surface area contributed by atoms with Crippen LogP contribution in [0.15, 0.2) is 35.4 Å². The molecule has 0 radical (unpaired) electrons. The van der Waals surface area contributed by atoms with Gasteiger partial charge in [-0.25, -0.2) is 9.37 Å². The lowest BCUT2D eigenvalue weighted by molar-refractivity contribution is 0.0700. The molecule has 0 unspecified atom stereocenters. The fourth-order valence-corrected chi connectivity index (χ4v) is 5.22. The largest absolute Gasteiger partial charge is 0.338 e. The number of aromatic nitrogens is 2. The summed E-state index contributed by atoms with van der Waals surface area (Å²) in [6, 6.07) is 6.44. The lowest BCUT2D eigenvalue weighted by atomic mass is 9.94. The second-order valence-corrected chi connectivity index (χ2v) is 8.75. The monoisotopic (exact) mass is 413 g/mol. The highest BCUT2D eigenvalue weighted by molar-refractivity contribution is 7.20. The summed E-state index contributed by atoms with van der Waals surface area (Å²) in [5, 5.41) is 0.481. The summed E-state index contributed by atoms with van der Waals surface area (Å²) in [6.07, 6.45) is 7.08. The van der Waals surface area contributed by atoms with Crippen molar-refractivity contribution in [2.75, 3.05) is 7.05 Å². The molecule has 1 aliphatic rings. The molecule has 2 aromatic heterocycles. The first kappa shape index (κ1) is 19.8. The number of hydrogen-bond acceptors (Lipinski definition) is 4. The zero-order valence-corrected chi connectivity index (χ0v) is 17.5. The van der Waals surface area contributed by atoms with Crippen LogP contribution in [0.4, 0.5) is 4.39 Å². The normalized spacial score (nSPS) is 15.0. The van der Waals surface area contributed by atoms with Crippen molar-refractivity contribution in [3.05, 3.63) is 62.8 Å². The van der Waals surface area contributed by atoms with Gasteiger partial charge in [-0.1, -0.05) is 31.4 Å². The van der Waals surface area contributed by atoms with E-state index >= 15 is 0 Å². The van der Waals surface area contributed by atoms with E-state index in [0.29, 0.717) is 26.2 Å². The molecule has 0 aliphatic heterocycles. The number of carbonyl (C=O) groups is 1. The summed E-state index contributed by atoms with van der Waals surface area (Å²) in [5.74, 6) is -0.372. The molecule has 1 aliphatic carbocycles. The van der Waals surface area contributed by atoms with Crippen LogP contribution in [0, 0.1) is 12.7 Å². The Bertz CT molecular complexity index is 1110. The van der Waals surface area contributed by atoms with E-state index in [9.17, 15) is 14.0 Å². The van der Waals surface area contributed by atoms with Gasteiger partial charge >= 0.3 is 0 Å². The number of benzene rings is 1. The molecule has 3 aromatic rings. The van der Waals surface area contributed by atoms with Crippen LogP contribution in [0.5, 0.6) is 0 Å². The average molecular weight is 414 g/mol. The molecular formula is C22H24FN3O2S. The van der Waals surface area contributed by atoms with Crippen LogP contribution in [0.1, 0.15) is 52.9 Å². The third kappa shape index (κ3) is 3.83. The van der Waals surface area contributed by atoms with Gasteiger partial charge in [0, 0.05) is 13.1 Å². The fourth-order valence-electron chi connectivity index (χ4n) is 4.10. The van der Waals surface area contributed by atoms with E-state index in [2.05, 4.69) is 4.98 Å². The molecule has 1 fully saturated rings. The van der Waals surface area contributed by atoms with Gasteiger partial charge in [0.1, 0.15) is 10.6 Å². The highest BCUT2D eigenvalue weighted by atomic mass is 32.1. The van der Waals surface area contributed by atoms with Gasteiger partial charge in [-0.05, 0) is 43.0 Å². The van der Waals surface area contributed by atoms with Crippen LogP contribution in [0.3, 0.4) is 0 Å². The zero-order chi connectivity index (χ0) is 20.5. The number of aryl methyl sites for hydroxylation is 1. The smallest absolute Gasteiger partial charge is 0.264 e. The van der Waals surface area contributed by atoms with Crippen molar-refractivity contribution < 1.29 is 9.18 Å². The predicted molar refractivity (Wildman–Crippen MR) is 113 cm³/mol. The molecule has 0 atom stereocenters. The van der Waals surface area contributed by atoms with E-state index in [-0.39, 0.29) is 29.9 Å². The minimum absolute atomic E-state index is 0.0338. The van der Waals surface area contributed by atoms with Crippen molar-refractivity contribution in [2.24, 2.45) is 0 Å². The van der Waals surface area contributed by atoms with E-state index in [1.54, 1.807) is 12.1 Å². The van der Waals surface area contributed by atoms with Gasteiger partial charge in [-0.2, -0.15) is 0 Å². The Balaban J connectivity index is 1.67. The van der Waals surface area contributed by atoms with Gasteiger partial charge in [0.2, 0.25) is 0 Å². The summed E-state index contributed by atoms with van der Waals surface area (Å²) in [5.41, 5.74) is 1.17. The number of halogens is 1. The number of thiophene rings is 1. The highest BCUT2D eigenvalue weighted by Crippen LogP contribution is 2.30. The van der Waals surface area contributed by atoms with Crippen molar-refractivity contribution in [3.8, 4) is 0 Å². The summed E-state index contributed by atoms with van der Waals surface area (Å²) >= 11 is 1.28. The van der Waals surface area contributed by atoms with Crippen molar-refractivity contribution in [1.82, 2.24) is 14.5 Å². The number of hydrogen-bond donors (Lipinski definition) is 0. The zero-order valence-electron chi connectivity index (χ0n) is 16.7. The number of fused-ring (bicyclic) bond motifs is 1. The minimum atomic E-state index is -0.338. The van der Waals surface area contributed by atoms with Crippen LogP contribution >= 0.6 is 11.3 Å². The molecule has 1 saturated carbocycles. The lowest BCUT2D eigenvalue weighted by Crippen LogP contribution is -2.38. The van der Waals surface area contributed by atoms with E-state index in [1.165, 1.54) is 40.8 Å². The standard InChI is InChI=1S/C22H24FN3O2S/c1-14-18-20(29-19(14)22(28)25(2)17-9-4-3-5-10-17)24-13-26(21(18)27)12-15-7-6-8-16(23)11-15/h6-8,11,13,17H,3-5,9-10,12H2,1-2H3. The van der Waals surface area contributed by atoms with Crippen LogP contribution < -0.4 is 5.56 Å². The second-order valence-electron chi connectivity index (χ2n) is 7.75. The lowest BCUT2D eigenvalue weighted by Gasteiger charge is -2.31. The Morgan fingerprint density at radius 3 is 2.79 bits per heavy atom. The maximum absolute atomic E-state index is 13.5. The minimum Gasteiger partial charge on any atom is -0.338 e. The SMILES string of the molecule is Cc1c(C(=O)N(C)C2CCCCC2)sc2ncn(Cc3cccc(F)c3)c(=O)c12. The van der Waals surface area contributed by atoms with E-state index in [0.717, 1.165) is 25.7 Å². The quantitative estimate of drug-likeness (QED) is 0.639. The molecule has 0 bridgehead atoms. The molecule has 0 N–H and O–H groups in total. The molecule has 0 spiro atoms. The summed E-state index contributed by atoms with van der Waals surface area (Å²) < 4.78 is 14.9. The number of carbonyl (C=O) groups excluding carboxylic acids is 1. The molecule has 5 nitrogen and oxygen atoms in total. The molecule has 1 aromatic carbocycles. The highest BCUT2D eigenvalue weighted by Gasteiger charge is 2.27. The Labute approximate surface area is 172 Å². The van der Waals surface area contributed by atoms with E-state index in [1.807, 2.05) is 18.9 Å². The maximum atomic E-state index is 13.5. The van der Waals surface area contributed by atoms with Gasteiger partial charge in [-0.15, -0.1) is 11.3 Å². The molecule has 2 heterocycles. The Morgan fingerprint density at radius 1 is 1.31 bits per heavy atom. The Kier molecular flexibility index (Phi) is 5.50. The first-order valence-electron chi connectivity index (χ1n) is 9.96. The van der Waals surface area contributed by atoms with Crippen LogP contribution in [0.25, 0.3) is 10.2 Å². The van der Waals surface area contributed by atoms with Crippen molar-refractivity contribution in [2.45, 2.75) is 51.6 Å². The van der Waals surface area contributed by atoms with Crippen LogP contribution in [0.2, 0.25) is 0 Å². The average Bonchev–Trinajstić information content (AvgIpc) is 3.07. The van der Waals surface area contributed by atoms with E-state index < -0.39 is 0 Å². The molecule has 152 valence electrons. The molecule has 1 amide bonds. The fraction of sp³-hybridized carbons (Fsp3) is 0.409. The number of amides is 1. The van der Waals surface area contributed by atoms with Crippen molar-refractivity contribution >= 4 is 27.5 Å². The van der Waals surface area contributed by atoms with Gasteiger partial charge < -0.3 is 4.90 Å². The van der Waals surface area contributed by atoms with Crippen LogP contribution in [-0.4, -0.2) is 33.4 Å².